The highest BCUT2D eigenvalue weighted by Crippen LogP contribution is 2.07. The van der Waals surface area contributed by atoms with E-state index in [1.54, 1.807) is 0 Å². The van der Waals surface area contributed by atoms with Crippen LogP contribution < -0.4 is 10.6 Å². The van der Waals surface area contributed by atoms with Gasteiger partial charge in [-0.1, -0.05) is 6.58 Å². The van der Waals surface area contributed by atoms with Crippen LogP contribution >= 0.6 is 0 Å². The molecule has 2 N–H and O–H groups in total. The molecule has 0 unspecified atom stereocenters. The predicted molar refractivity (Wildman–Crippen MR) is 48.8 cm³/mol. The van der Waals surface area contributed by atoms with E-state index in [1.807, 2.05) is 0 Å². The summed E-state index contributed by atoms with van der Waals surface area (Å²) in [5, 5.41) is 6.13. The monoisotopic (exact) mass is 168 g/mol. The first-order chi connectivity index (χ1) is 5.83. The quantitative estimate of drug-likeness (QED) is 0.598. The lowest BCUT2D eigenvalue weighted by molar-refractivity contribution is -0.116. The Kier molecular flexibility index (Phi) is 3.80. The lowest BCUT2D eigenvalue weighted by Gasteiger charge is -2.09. The molecule has 0 bridgehead atoms. The molecule has 0 aromatic carbocycles. The SMILES string of the molecule is C=CC(=O)NCC[C@H]1CCCN1. The lowest BCUT2D eigenvalue weighted by Crippen LogP contribution is -2.29. The molecule has 1 fully saturated rings. The lowest BCUT2D eigenvalue weighted by atomic mass is 10.1. The predicted octanol–water partition coefficient (Wildman–Crippen LogP) is 0.431. The number of hydrogen-bond acceptors (Lipinski definition) is 2. The second kappa shape index (κ2) is 4.93. The molecule has 0 radical (unpaired) electrons. The average Bonchev–Trinajstić information content (AvgIpc) is 2.57. The summed E-state index contributed by atoms with van der Waals surface area (Å²) in [6, 6.07) is 0.607. The van der Waals surface area contributed by atoms with Gasteiger partial charge in [0.25, 0.3) is 0 Å². The van der Waals surface area contributed by atoms with Crippen LogP contribution in [0, 0.1) is 0 Å². The summed E-state index contributed by atoms with van der Waals surface area (Å²) in [6.07, 6.45) is 4.84. The van der Waals surface area contributed by atoms with Gasteiger partial charge in [-0.3, -0.25) is 4.79 Å². The number of nitrogens with one attached hydrogen (secondary N) is 2. The van der Waals surface area contributed by atoms with Crippen molar-refractivity contribution < 1.29 is 4.79 Å². The molecule has 12 heavy (non-hydrogen) atoms. The molecule has 1 heterocycles. The molecule has 1 aliphatic heterocycles. The molecule has 0 aliphatic carbocycles. The number of carbonyl (C=O) groups excluding carboxylic acids is 1. The standard InChI is InChI=1S/C9H16N2O/c1-2-9(12)11-7-5-8-4-3-6-10-8/h2,8,10H,1,3-7H2,(H,11,12)/t8-/m1/s1. The highest BCUT2D eigenvalue weighted by Gasteiger charge is 2.12. The summed E-state index contributed by atoms with van der Waals surface area (Å²) in [6.45, 7) is 5.26. The molecule has 1 amide bonds. The molecule has 0 spiro atoms. The summed E-state index contributed by atoms with van der Waals surface area (Å²) in [5.74, 6) is -0.0759. The number of carbonyl (C=O) groups is 1. The molecular formula is C9H16N2O. The molecule has 1 aliphatic rings. The van der Waals surface area contributed by atoms with Gasteiger partial charge in [0, 0.05) is 12.6 Å². The molecule has 0 aromatic heterocycles. The minimum atomic E-state index is -0.0759. The number of rotatable bonds is 4. The molecule has 0 aromatic rings. The molecule has 1 rings (SSSR count). The Morgan fingerprint density at radius 3 is 3.17 bits per heavy atom. The summed E-state index contributed by atoms with van der Waals surface area (Å²) < 4.78 is 0. The fraction of sp³-hybridized carbons (Fsp3) is 0.667. The maximum atomic E-state index is 10.7. The third-order valence-electron chi connectivity index (χ3n) is 2.14. The highest BCUT2D eigenvalue weighted by molar-refractivity contribution is 5.86. The summed E-state index contributed by atoms with van der Waals surface area (Å²) in [4.78, 5) is 10.7. The van der Waals surface area contributed by atoms with E-state index in [4.69, 9.17) is 0 Å². The maximum absolute atomic E-state index is 10.7. The van der Waals surface area contributed by atoms with Gasteiger partial charge in [0.1, 0.15) is 0 Å². The Balaban J connectivity index is 2.01. The van der Waals surface area contributed by atoms with Crippen LogP contribution in [0.3, 0.4) is 0 Å². The van der Waals surface area contributed by atoms with E-state index in [0.717, 1.165) is 19.5 Å². The molecule has 68 valence electrons. The van der Waals surface area contributed by atoms with Crippen molar-refractivity contribution in [1.82, 2.24) is 10.6 Å². The van der Waals surface area contributed by atoms with Crippen LogP contribution in [-0.2, 0) is 4.79 Å². The fourth-order valence-electron chi connectivity index (χ4n) is 1.44. The van der Waals surface area contributed by atoms with Crippen LogP contribution in [0.25, 0.3) is 0 Å². The fourth-order valence-corrected chi connectivity index (χ4v) is 1.44. The first-order valence-electron chi connectivity index (χ1n) is 4.46. The van der Waals surface area contributed by atoms with Crippen molar-refractivity contribution in [3.63, 3.8) is 0 Å². The molecule has 1 atom stereocenters. The normalized spacial score (nSPS) is 22.2. The Bertz CT molecular complexity index is 162. The van der Waals surface area contributed by atoms with Crippen molar-refractivity contribution in [2.45, 2.75) is 25.3 Å². The Hall–Kier alpha value is -0.830. The van der Waals surface area contributed by atoms with Crippen molar-refractivity contribution >= 4 is 5.91 Å². The molecular weight excluding hydrogens is 152 g/mol. The smallest absolute Gasteiger partial charge is 0.243 e. The van der Waals surface area contributed by atoms with Crippen molar-refractivity contribution in [3.8, 4) is 0 Å². The maximum Gasteiger partial charge on any atom is 0.243 e. The van der Waals surface area contributed by atoms with Crippen molar-refractivity contribution in [2.24, 2.45) is 0 Å². The van der Waals surface area contributed by atoms with Gasteiger partial charge in [0.15, 0.2) is 0 Å². The zero-order valence-electron chi connectivity index (χ0n) is 7.31. The third-order valence-corrected chi connectivity index (χ3v) is 2.14. The molecule has 1 saturated heterocycles. The van der Waals surface area contributed by atoms with E-state index in [-0.39, 0.29) is 5.91 Å². The van der Waals surface area contributed by atoms with Crippen molar-refractivity contribution in [2.75, 3.05) is 13.1 Å². The first kappa shape index (κ1) is 9.26. The highest BCUT2D eigenvalue weighted by atomic mass is 16.1. The minimum absolute atomic E-state index is 0.0759. The van der Waals surface area contributed by atoms with Gasteiger partial charge in [-0.25, -0.2) is 0 Å². The van der Waals surface area contributed by atoms with E-state index < -0.39 is 0 Å². The number of amides is 1. The van der Waals surface area contributed by atoms with Crippen LogP contribution in [0.4, 0.5) is 0 Å². The van der Waals surface area contributed by atoms with Crippen LogP contribution in [0.5, 0.6) is 0 Å². The molecule has 3 nitrogen and oxygen atoms in total. The second-order valence-corrected chi connectivity index (χ2v) is 3.08. The van der Waals surface area contributed by atoms with Crippen LogP contribution in [0.1, 0.15) is 19.3 Å². The Morgan fingerprint density at radius 2 is 2.58 bits per heavy atom. The van der Waals surface area contributed by atoms with E-state index in [9.17, 15) is 4.79 Å². The minimum Gasteiger partial charge on any atom is -0.353 e. The average molecular weight is 168 g/mol. The summed E-state index contributed by atoms with van der Waals surface area (Å²) in [7, 11) is 0. The van der Waals surface area contributed by atoms with Gasteiger partial charge in [0.2, 0.25) is 5.91 Å². The van der Waals surface area contributed by atoms with E-state index in [2.05, 4.69) is 17.2 Å². The first-order valence-corrected chi connectivity index (χ1v) is 4.46. The van der Waals surface area contributed by atoms with Gasteiger partial charge in [-0.15, -0.1) is 0 Å². The van der Waals surface area contributed by atoms with Gasteiger partial charge in [-0.2, -0.15) is 0 Å². The zero-order chi connectivity index (χ0) is 8.81. The van der Waals surface area contributed by atoms with Crippen LogP contribution in [0.2, 0.25) is 0 Å². The third kappa shape index (κ3) is 3.05. The van der Waals surface area contributed by atoms with E-state index in [1.165, 1.54) is 18.9 Å². The van der Waals surface area contributed by atoms with E-state index >= 15 is 0 Å². The van der Waals surface area contributed by atoms with Crippen molar-refractivity contribution in [1.29, 1.82) is 0 Å². The number of hydrogen-bond donors (Lipinski definition) is 2. The van der Waals surface area contributed by atoms with Crippen molar-refractivity contribution in [3.05, 3.63) is 12.7 Å². The topological polar surface area (TPSA) is 41.1 Å². The Morgan fingerprint density at radius 1 is 1.75 bits per heavy atom. The molecule has 3 heteroatoms. The van der Waals surface area contributed by atoms with Gasteiger partial charge < -0.3 is 10.6 Å². The molecule has 0 saturated carbocycles. The summed E-state index contributed by atoms with van der Waals surface area (Å²) >= 11 is 0. The van der Waals surface area contributed by atoms with Gasteiger partial charge in [0.05, 0.1) is 0 Å². The Labute approximate surface area is 73.2 Å². The van der Waals surface area contributed by atoms with Crippen LogP contribution in [0.15, 0.2) is 12.7 Å². The second-order valence-electron chi connectivity index (χ2n) is 3.08. The van der Waals surface area contributed by atoms with Gasteiger partial charge >= 0.3 is 0 Å². The van der Waals surface area contributed by atoms with Crippen LogP contribution in [-0.4, -0.2) is 25.0 Å². The zero-order valence-corrected chi connectivity index (χ0v) is 7.31. The largest absolute Gasteiger partial charge is 0.353 e. The van der Waals surface area contributed by atoms with E-state index in [0.29, 0.717) is 6.04 Å². The summed E-state index contributed by atoms with van der Waals surface area (Å²) in [5.41, 5.74) is 0. The van der Waals surface area contributed by atoms with Gasteiger partial charge in [-0.05, 0) is 31.9 Å².